The highest BCUT2D eigenvalue weighted by Gasteiger charge is 2.69. The van der Waals surface area contributed by atoms with E-state index >= 15 is 0 Å². The van der Waals surface area contributed by atoms with Gasteiger partial charge in [0.25, 0.3) is 5.91 Å². The first-order chi connectivity index (χ1) is 15.6. The van der Waals surface area contributed by atoms with E-state index < -0.39 is 41.1 Å². The number of amides is 4. The van der Waals surface area contributed by atoms with Crippen molar-refractivity contribution in [2.75, 3.05) is 6.54 Å². The molecule has 0 spiro atoms. The van der Waals surface area contributed by atoms with Gasteiger partial charge in [0.05, 0.1) is 6.04 Å². The number of hydrogen-bond acceptors (Lipinski definition) is 5. The molecular formula is C25H40N4O5. The molecule has 0 aromatic carbocycles. The van der Waals surface area contributed by atoms with Crippen molar-refractivity contribution >= 4 is 29.4 Å². The number of nitrogens with two attached hydrogens (primary N) is 1. The lowest BCUT2D eigenvalue weighted by Crippen LogP contribution is -2.60. The van der Waals surface area contributed by atoms with Gasteiger partial charge in [-0.2, -0.15) is 0 Å². The van der Waals surface area contributed by atoms with Crippen LogP contribution in [0, 0.1) is 34.5 Å². The van der Waals surface area contributed by atoms with E-state index in [0.717, 1.165) is 12.8 Å². The average Bonchev–Trinajstić information content (AvgIpc) is 3.56. The zero-order chi connectivity index (χ0) is 25.7. The molecular weight excluding hydrogens is 436 g/mol. The van der Waals surface area contributed by atoms with Crippen molar-refractivity contribution in [2.45, 2.75) is 85.9 Å². The summed E-state index contributed by atoms with van der Waals surface area (Å²) in [6.45, 7) is 13.7. The Hall–Kier alpha value is -2.45. The van der Waals surface area contributed by atoms with E-state index in [4.69, 9.17) is 5.73 Å². The summed E-state index contributed by atoms with van der Waals surface area (Å²) >= 11 is 0. The van der Waals surface area contributed by atoms with Crippen molar-refractivity contribution in [2.24, 2.45) is 40.2 Å². The average molecular weight is 477 g/mol. The van der Waals surface area contributed by atoms with Gasteiger partial charge in [-0.15, -0.1) is 0 Å². The number of nitrogens with one attached hydrogen (secondary N) is 2. The summed E-state index contributed by atoms with van der Waals surface area (Å²) in [4.78, 5) is 65.3. The predicted molar refractivity (Wildman–Crippen MR) is 126 cm³/mol. The first-order valence-corrected chi connectivity index (χ1v) is 12.3. The maximum absolute atomic E-state index is 13.7. The van der Waals surface area contributed by atoms with Crippen LogP contribution in [0.25, 0.3) is 0 Å². The van der Waals surface area contributed by atoms with E-state index in [9.17, 15) is 24.0 Å². The number of ketones is 1. The van der Waals surface area contributed by atoms with E-state index in [-0.39, 0.29) is 40.9 Å². The smallest absolute Gasteiger partial charge is 0.287 e. The Labute approximate surface area is 201 Å². The second kappa shape index (κ2) is 8.96. The maximum atomic E-state index is 13.7. The molecule has 9 nitrogen and oxygen atoms in total. The van der Waals surface area contributed by atoms with E-state index in [0.29, 0.717) is 13.0 Å². The van der Waals surface area contributed by atoms with Gasteiger partial charge in [0, 0.05) is 12.5 Å². The highest BCUT2D eigenvalue weighted by atomic mass is 16.2. The Morgan fingerprint density at radius 1 is 1.06 bits per heavy atom. The van der Waals surface area contributed by atoms with Crippen molar-refractivity contribution in [3.05, 3.63) is 0 Å². The maximum Gasteiger partial charge on any atom is 0.287 e. The molecule has 0 aromatic rings. The van der Waals surface area contributed by atoms with Crippen LogP contribution >= 0.6 is 0 Å². The lowest BCUT2D eigenvalue weighted by atomic mass is 9.84. The van der Waals surface area contributed by atoms with Gasteiger partial charge in [0.1, 0.15) is 12.1 Å². The lowest BCUT2D eigenvalue weighted by Gasteiger charge is -2.38. The molecule has 3 fully saturated rings. The molecule has 1 unspecified atom stereocenters. The fourth-order valence-corrected chi connectivity index (χ4v) is 5.28. The standard InChI is InChI=1S/C25H40N4O5/c1-12(2)21(32)28-19(24(3,4)5)23(34)29-11-14-16(25(14,6)7)17(29)22(33)27-15(10-13-8-9-13)18(30)20(26)31/h12-17,19H,8-11H2,1-7H3,(H2,26,31)(H,27,33)(H,28,32)/t14-,15?,16-,17-,19+/m0/s1. The van der Waals surface area contributed by atoms with Crippen LogP contribution in [-0.4, -0.2) is 59.0 Å². The largest absolute Gasteiger partial charge is 0.363 e. The van der Waals surface area contributed by atoms with Crippen LogP contribution in [-0.2, 0) is 24.0 Å². The van der Waals surface area contributed by atoms with Gasteiger partial charge < -0.3 is 21.3 Å². The summed E-state index contributed by atoms with van der Waals surface area (Å²) < 4.78 is 0. The van der Waals surface area contributed by atoms with Gasteiger partial charge in [-0.25, -0.2) is 0 Å². The molecule has 0 aromatic heterocycles. The molecule has 2 aliphatic carbocycles. The SMILES string of the molecule is CC(C)C(=O)N[C@H](C(=O)N1C[C@H]2[C@@H]([C@H]1C(=O)NC(CC1CC1)C(=O)C(N)=O)C2(C)C)C(C)(C)C. The molecule has 1 aliphatic heterocycles. The van der Waals surface area contributed by atoms with E-state index in [1.54, 1.807) is 18.7 Å². The Kier molecular flexibility index (Phi) is 6.90. The highest BCUT2D eigenvalue weighted by Crippen LogP contribution is 2.65. The number of nitrogens with zero attached hydrogens (tertiary/aromatic N) is 1. The normalized spacial score (nSPS) is 26.9. The van der Waals surface area contributed by atoms with E-state index in [1.807, 2.05) is 20.8 Å². The number of carbonyl (C=O) groups excluding carboxylic acids is 5. The number of piperidine rings is 1. The third-order valence-corrected chi connectivity index (χ3v) is 7.83. The minimum atomic E-state index is -1.07. The summed E-state index contributed by atoms with van der Waals surface area (Å²) in [6.07, 6.45) is 2.28. The van der Waals surface area contributed by atoms with Gasteiger partial charge in [0.2, 0.25) is 23.5 Å². The molecule has 5 atom stereocenters. The highest BCUT2D eigenvalue weighted by molar-refractivity contribution is 6.37. The van der Waals surface area contributed by atoms with Crippen molar-refractivity contribution < 1.29 is 24.0 Å². The number of rotatable bonds is 9. The Morgan fingerprint density at radius 3 is 2.12 bits per heavy atom. The van der Waals surface area contributed by atoms with Gasteiger partial charge in [0.15, 0.2) is 0 Å². The Balaban J connectivity index is 1.85. The zero-order valence-electron chi connectivity index (χ0n) is 21.4. The summed E-state index contributed by atoms with van der Waals surface area (Å²) in [5.41, 5.74) is 4.55. The summed E-state index contributed by atoms with van der Waals surface area (Å²) in [5.74, 6) is -2.74. The molecule has 0 radical (unpaired) electrons. The minimum Gasteiger partial charge on any atom is -0.363 e. The fraction of sp³-hybridized carbons (Fsp3) is 0.800. The molecule has 4 N–H and O–H groups in total. The van der Waals surface area contributed by atoms with Crippen LogP contribution in [0.15, 0.2) is 0 Å². The zero-order valence-corrected chi connectivity index (χ0v) is 21.4. The number of Topliss-reactive ketones (excluding diaryl/α,β-unsaturated/α-hetero) is 1. The first-order valence-electron chi connectivity index (χ1n) is 12.3. The third-order valence-electron chi connectivity index (χ3n) is 7.83. The second-order valence-electron chi connectivity index (χ2n) is 12.3. The van der Waals surface area contributed by atoms with Crippen LogP contribution in [0.3, 0.4) is 0 Å². The number of carbonyl (C=O) groups is 5. The van der Waals surface area contributed by atoms with Crippen molar-refractivity contribution in [3.8, 4) is 0 Å². The van der Waals surface area contributed by atoms with Crippen molar-refractivity contribution in [3.63, 3.8) is 0 Å². The lowest BCUT2D eigenvalue weighted by molar-refractivity contribution is -0.146. The van der Waals surface area contributed by atoms with Crippen molar-refractivity contribution in [1.29, 1.82) is 0 Å². The van der Waals surface area contributed by atoms with Gasteiger partial charge in [-0.3, -0.25) is 24.0 Å². The second-order valence-corrected chi connectivity index (χ2v) is 12.3. The Bertz CT molecular complexity index is 886. The molecule has 9 heteroatoms. The van der Waals surface area contributed by atoms with Gasteiger partial charge >= 0.3 is 0 Å². The van der Waals surface area contributed by atoms with Crippen molar-refractivity contribution in [1.82, 2.24) is 15.5 Å². The number of hydrogen-bond donors (Lipinski definition) is 3. The molecule has 3 rings (SSSR count). The topological polar surface area (TPSA) is 139 Å². The number of fused-ring (bicyclic) bond motifs is 1. The summed E-state index contributed by atoms with van der Waals surface area (Å²) in [7, 11) is 0. The van der Waals surface area contributed by atoms with Crippen LogP contribution in [0.5, 0.6) is 0 Å². The monoisotopic (exact) mass is 476 g/mol. The predicted octanol–water partition coefficient (Wildman–Crippen LogP) is 0.996. The first kappa shape index (κ1) is 26.2. The third kappa shape index (κ3) is 5.13. The number of likely N-dealkylation sites (tertiary alicyclic amines) is 1. The van der Waals surface area contributed by atoms with Crippen LogP contribution < -0.4 is 16.4 Å². The molecule has 3 aliphatic rings. The van der Waals surface area contributed by atoms with Crippen LogP contribution in [0.2, 0.25) is 0 Å². The molecule has 1 saturated heterocycles. The van der Waals surface area contributed by atoms with Gasteiger partial charge in [-0.1, -0.05) is 61.3 Å². The van der Waals surface area contributed by atoms with Crippen LogP contribution in [0.1, 0.15) is 67.7 Å². The molecule has 1 heterocycles. The molecule has 190 valence electrons. The van der Waals surface area contributed by atoms with Gasteiger partial charge in [-0.05, 0) is 35.0 Å². The summed E-state index contributed by atoms with van der Waals surface area (Å²) in [5, 5.41) is 5.63. The minimum absolute atomic E-state index is 0.0527. The Morgan fingerprint density at radius 2 is 1.65 bits per heavy atom. The van der Waals surface area contributed by atoms with Crippen LogP contribution in [0.4, 0.5) is 0 Å². The van der Waals surface area contributed by atoms with E-state index in [2.05, 4.69) is 24.5 Å². The quantitative estimate of drug-likeness (QED) is 0.426. The number of primary amides is 1. The molecule has 0 bridgehead atoms. The summed E-state index contributed by atoms with van der Waals surface area (Å²) in [6, 6.07) is -2.54. The molecule has 4 amide bonds. The fourth-order valence-electron chi connectivity index (χ4n) is 5.28. The molecule has 34 heavy (non-hydrogen) atoms. The van der Waals surface area contributed by atoms with E-state index in [1.165, 1.54) is 0 Å². The molecule has 2 saturated carbocycles.